The van der Waals surface area contributed by atoms with Gasteiger partial charge in [0, 0.05) is 29.3 Å². The zero-order chi connectivity index (χ0) is 25.6. The predicted molar refractivity (Wildman–Crippen MR) is 131 cm³/mol. The van der Waals surface area contributed by atoms with Crippen molar-refractivity contribution in [2.24, 2.45) is 0 Å². The van der Waals surface area contributed by atoms with Gasteiger partial charge in [0.05, 0.1) is 45.6 Å². The third-order valence-electron chi connectivity index (χ3n) is 6.98. The van der Waals surface area contributed by atoms with Crippen LogP contribution in [-0.4, -0.2) is 44.5 Å². The minimum atomic E-state index is -0.458. The molecule has 0 saturated heterocycles. The molecule has 1 aliphatic heterocycles. The zero-order valence-electron chi connectivity index (χ0n) is 20.8. The number of hydrogen-bond acceptors (Lipinski definition) is 9. The molecule has 5 rings (SSSR count). The number of Topliss-reactive ketones (excluding diaryl/α,β-unsaturated/α-hetero) is 1. The van der Waals surface area contributed by atoms with Crippen LogP contribution in [0.15, 0.2) is 46.1 Å². The van der Waals surface area contributed by atoms with Crippen LogP contribution in [0.5, 0.6) is 28.7 Å². The second-order valence-electron chi connectivity index (χ2n) is 8.87. The fraction of sp³-hybridized carbons (Fsp3) is 0.333. The molecule has 2 aliphatic rings. The first kappa shape index (κ1) is 23.6. The Morgan fingerprint density at radius 1 is 0.944 bits per heavy atom. The monoisotopic (exact) mass is 492 g/mol. The SMILES string of the molecule is COc1cc([C@@H]2CC(=O)C3=C(C2)Nc2onc(C)c2[C@H]3c2cc(OC)c(OC)cc2OC)ccc1O. The van der Waals surface area contributed by atoms with Crippen molar-refractivity contribution < 1.29 is 33.4 Å². The number of rotatable bonds is 6. The summed E-state index contributed by atoms with van der Waals surface area (Å²) in [6.45, 7) is 1.86. The molecular weight excluding hydrogens is 464 g/mol. The second kappa shape index (κ2) is 9.14. The summed E-state index contributed by atoms with van der Waals surface area (Å²) in [6, 6.07) is 8.80. The number of allylic oxidation sites excluding steroid dienone is 2. The lowest BCUT2D eigenvalue weighted by Crippen LogP contribution is -2.29. The van der Waals surface area contributed by atoms with E-state index in [2.05, 4.69) is 10.5 Å². The summed E-state index contributed by atoms with van der Waals surface area (Å²) < 4.78 is 27.7. The minimum Gasteiger partial charge on any atom is -0.504 e. The van der Waals surface area contributed by atoms with Gasteiger partial charge in [-0.15, -0.1) is 0 Å². The Bertz CT molecular complexity index is 1370. The Morgan fingerprint density at radius 2 is 1.64 bits per heavy atom. The van der Waals surface area contributed by atoms with Crippen LogP contribution < -0.4 is 24.3 Å². The first-order chi connectivity index (χ1) is 17.4. The van der Waals surface area contributed by atoms with E-state index in [-0.39, 0.29) is 17.5 Å². The molecule has 0 unspecified atom stereocenters. The van der Waals surface area contributed by atoms with Crippen LogP contribution >= 0.6 is 0 Å². The molecule has 0 bridgehead atoms. The highest BCUT2D eigenvalue weighted by Gasteiger charge is 2.42. The van der Waals surface area contributed by atoms with E-state index in [0.29, 0.717) is 53.0 Å². The molecule has 9 nitrogen and oxygen atoms in total. The number of carbonyl (C=O) groups is 1. The first-order valence-electron chi connectivity index (χ1n) is 11.6. The molecule has 0 saturated carbocycles. The summed E-state index contributed by atoms with van der Waals surface area (Å²) in [5.74, 6) is 2.01. The van der Waals surface area contributed by atoms with Crippen molar-refractivity contribution in [1.82, 2.24) is 5.16 Å². The third kappa shape index (κ3) is 3.71. The molecule has 2 N–H and O–H groups in total. The average Bonchev–Trinajstić information content (AvgIpc) is 3.26. The van der Waals surface area contributed by atoms with E-state index in [4.69, 9.17) is 23.5 Å². The van der Waals surface area contributed by atoms with Crippen molar-refractivity contribution in [3.8, 4) is 28.7 Å². The smallest absolute Gasteiger partial charge is 0.233 e. The van der Waals surface area contributed by atoms with Gasteiger partial charge < -0.3 is 33.9 Å². The second-order valence-corrected chi connectivity index (χ2v) is 8.87. The first-order valence-corrected chi connectivity index (χ1v) is 11.6. The Balaban J connectivity index is 1.65. The number of carbonyl (C=O) groups excluding carboxylic acids is 1. The molecule has 9 heteroatoms. The molecule has 2 aromatic carbocycles. The maximum Gasteiger partial charge on any atom is 0.233 e. The molecule has 0 spiro atoms. The van der Waals surface area contributed by atoms with E-state index < -0.39 is 5.92 Å². The van der Waals surface area contributed by atoms with Gasteiger partial charge >= 0.3 is 0 Å². The van der Waals surface area contributed by atoms with Gasteiger partial charge in [-0.3, -0.25) is 4.79 Å². The summed E-state index contributed by atoms with van der Waals surface area (Å²) >= 11 is 0. The minimum absolute atomic E-state index is 0.00822. The molecular formula is C27H28N2O7. The number of aromatic hydroxyl groups is 1. The van der Waals surface area contributed by atoms with Crippen LogP contribution in [0.3, 0.4) is 0 Å². The largest absolute Gasteiger partial charge is 0.504 e. The number of ketones is 1. The molecule has 3 aromatic rings. The highest BCUT2D eigenvalue weighted by atomic mass is 16.5. The number of aryl methyl sites for hydroxylation is 1. The number of fused-ring (bicyclic) bond motifs is 1. The van der Waals surface area contributed by atoms with Gasteiger partial charge in [-0.25, -0.2) is 0 Å². The van der Waals surface area contributed by atoms with Gasteiger partial charge in [-0.1, -0.05) is 11.2 Å². The maximum atomic E-state index is 13.8. The lowest BCUT2D eigenvalue weighted by molar-refractivity contribution is -0.116. The van der Waals surface area contributed by atoms with Crippen LogP contribution in [0.1, 0.15) is 47.1 Å². The number of anilines is 1. The Labute approximate surface area is 208 Å². The van der Waals surface area contributed by atoms with Gasteiger partial charge in [0.1, 0.15) is 5.75 Å². The van der Waals surface area contributed by atoms with Crippen LogP contribution in [0.4, 0.5) is 5.88 Å². The molecule has 2 atom stereocenters. The van der Waals surface area contributed by atoms with Crippen molar-refractivity contribution in [1.29, 1.82) is 0 Å². The van der Waals surface area contributed by atoms with Gasteiger partial charge in [0.25, 0.3) is 0 Å². The van der Waals surface area contributed by atoms with Crippen molar-refractivity contribution in [2.45, 2.75) is 31.6 Å². The summed E-state index contributed by atoms with van der Waals surface area (Å²) in [7, 11) is 6.22. The normalized spacial score (nSPS) is 18.8. The Kier molecular flexibility index (Phi) is 5.99. The molecule has 0 fully saturated rings. The number of hydrogen-bond donors (Lipinski definition) is 2. The molecule has 0 radical (unpaired) electrons. The Morgan fingerprint density at radius 3 is 2.33 bits per heavy atom. The van der Waals surface area contributed by atoms with Crippen molar-refractivity contribution in [3.63, 3.8) is 0 Å². The van der Waals surface area contributed by atoms with Gasteiger partial charge in [0.15, 0.2) is 28.8 Å². The van der Waals surface area contributed by atoms with E-state index in [1.54, 1.807) is 39.5 Å². The summed E-state index contributed by atoms with van der Waals surface area (Å²) in [5.41, 5.74) is 4.57. The van der Waals surface area contributed by atoms with Crippen LogP contribution in [0.25, 0.3) is 0 Å². The van der Waals surface area contributed by atoms with Crippen molar-refractivity contribution in [3.05, 3.63) is 64.0 Å². The van der Waals surface area contributed by atoms with Gasteiger partial charge in [0.2, 0.25) is 5.88 Å². The van der Waals surface area contributed by atoms with Crippen LogP contribution in [0.2, 0.25) is 0 Å². The molecule has 1 aliphatic carbocycles. The van der Waals surface area contributed by atoms with E-state index >= 15 is 0 Å². The average molecular weight is 493 g/mol. The molecule has 36 heavy (non-hydrogen) atoms. The maximum absolute atomic E-state index is 13.8. The Hall–Kier alpha value is -4.14. The third-order valence-corrected chi connectivity index (χ3v) is 6.98. The quantitative estimate of drug-likeness (QED) is 0.506. The highest BCUT2D eigenvalue weighted by Crippen LogP contribution is 2.52. The number of ether oxygens (including phenoxy) is 4. The fourth-order valence-electron chi connectivity index (χ4n) is 5.25. The number of benzene rings is 2. The lowest BCUT2D eigenvalue weighted by atomic mass is 9.72. The molecule has 2 heterocycles. The van der Waals surface area contributed by atoms with Gasteiger partial charge in [-0.05, 0) is 43.0 Å². The van der Waals surface area contributed by atoms with Crippen molar-refractivity contribution in [2.75, 3.05) is 33.8 Å². The summed E-state index contributed by atoms with van der Waals surface area (Å²) in [6.07, 6.45) is 0.876. The summed E-state index contributed by atoms with van der Waals surface area (Å²) in [4.78, 5) is 13.8. The standard InChI is InChI=1S/C27H28N2O7/c1-13-24-25(16-11-22(34-4)23(35-5)12-20(16)32-2)26-17(28-27(24)36-29-13)8-15(9-19(26)31)14-6-7-18(30)21(10-14)33-3/h6-7,10-12,15,25,28,30H,8-9H2,1-5H3/t15-,25+/m0/s1. The van der Waals surface area contributed by atoms with Crippen molar-refractivity contribution >= 4 is 11.7 Å². The van der Waals surface area contributed by atoms with E-state index in [0.717, 1.165) is 22.4 Å². The number of aromatic nitrogens is 1. The number of phenols is 1. The highest BCUT2D eigenvalue weighted by molar-refractivity contribution is 6.01. The van der Waals surface area contributed by atoms with E-state index in [1.807, 2.05) is 19.1 Å². The van der Waals surface area contributed by atoms with E-state index in [9.17, 15) is 9.90 Å². The zero-order valence-corrected chi connectivity index (χ0v) is 20.8. The number of nitrogens with zero attached hydrogens (tertiary/aromatic N) is 1. The molecule has 1 aromatic heterocycles. The fourth-order valence-corrected chi connectivity index (χ4v) is 5.25. The van der Waals surface area contributed by atoms with Crippen LogP contribution in [0, 0.1) is 6.92 Å². The number of methoxy groups -OCH3 is 4. The van der Waals surface area contributed by atoms with Crippen LogP contribution in [-0.2, 0) is 4.79 Å². The lowest BCUT2D eigenvalue weighted by Gasteiger charge is -2.35. The molecule has 0 amide bonds. The topological polar surface area (TPSA) is 112 Å². The predicted octanol–water partition coefficient (Wildman–Crippen LogP) is 4.68. The number of nitrogens with one attached hydrogen (secondary N) is 1. The van der Waals surface area contributed by atoms with Gasteiger partial charge in [-0.2, -0.15) is 0 Å². The van der Waals surface area contributed by atoms with E-state index in [1.165, 1.54) is 7.11 Å². The molecule has 188 valence electrons. The number of phenolic OH excluding ortho intramolecular Hbond substituents is 1. The summed E-state index contributed by atoms with van der Waals surface area (Å²) in [5, 5.41) is 17.5.